The fourth-order valence-corrected chi connectivity index (χ4v) is 1.16. The number of imide groups is 1. The number of carboxylic acid groups (broad SMARTS) is 1. The average Bonchev–Trinajstić information content (AvgIpc) is 2.23. The molecule has 1 aliphatic rings. The van der Waals surface area contributed by atoms with E-state index in [4.69, 9.17) is 10.2 Å². The van der Waals surface area contributed by atoms with Gasteiger partial charge in [-0.2, -0.15) is 0 Å². The summed E-state index contributed by atoms with van der Waals surface area (Å²) in [5, 5.41) is 21.4. The maximum atomic E-state index is 11.4. The number of aliphatic carboxylic acids is 1. The Bertz CT molecular complexity index is 352. The number of hydrogen-bond acceptors (Lipinski definition) is 5. The number of rotatable bonds is 3. The van der Waals surface area contributed by atoms with Gasteiger partial charge in [0.15, 0.2) is 6.10 Å². The van der Waals surface area contributed by atoms with Crippen molar-refractivity contribution in [2.24, 2.45) is 0 Å². The lowest BCUT2D eigenvalue weighted by Crippen LogP contribution is -2.56. The molecule has 0 radical (unpaired) electrons. The van der Waals surface area contributed by atoms with Crippen LogP contribution in [0.25, 0.3) is 0 Å². The molecule has 1 aliphatic heterocycles. The first-order valence-corrected chi connectivity index (χ1v) is 4.66. The summed E-state index contributed by atoms with van der Waals surface area (Å²) >= 11 is 0. The predicted octanol–water partition coefficient (Wildman–Crippen LogP) is -2.90. The van der Waals surface area contributed by atoms with Crippen LogP contribution in [0.2, 0.25) is 0 Å². The molecule has 1 heterocycles. The fourth-order valence-electron chi connectivity index (χ4n) is 1.16. The van der Waals surface area contributed by atoms with Crippen LogP contribution in [0.4, 0.5) is 4.79 Å². The maximum absolute atomic E-state index is 11.4. The van der Waals surface area contributed by atoms with E-state index in [0.29, 0.717) is 0 Å². The summed E-state index contributed by atoms with van der Waals surface area (Å²) in [7, 11) is 0. The third kappa shape index (κ3) is 3.72. The Morgan fingerprint density at radius 2 is 1.88 bits per heavy atom. The molecule has 1 saturated heterocycles. The normalized spacial score (nSPS) is 17.4. The zero-order chi connectivity index (χ0) is 13.0. The summed E-state index contributed by atoms with van der Waals surface area (Å²) in [5.41, 5.74) is 0. The van der Waals surface area contributed by atoms with Crippen LogP contribution < -0.4 is 10.6 Å². The number of urea groups is 1. The largest absolute Gasteiger partial charge is 0.479 e. The molecule has 0 saturated carbocycles. The summed E-state index contributed by atoms with van der Waals surface area (Å²) in [5.74, 6) is -2.71. The first-order valence-electron chi connectivity index (χ1n) is 4.66. The molecule has 1 rings (SSSR count). The number of aliphatic hydroxyl groups excluding tert-OH is 1. The van der Waals surface area contributed by atoms with Crippen LogP contribution in [0.5, 0.6) is 0 Å². The Labute approximate surface area is 95.4 Å². The lowest BCUT2D eigenvalue weighted by atomic mass is 10.3. The number of nitrogens with zero attached hydrogens (tertiary/aromatic N) is 1. The van der Waals surface area contributed by atoms with Crippen LogP contribution >= 0.6 is 0 Å². The number of carboxylic acids is 1. The number of amides is 4. The van der Waals surface area contributed by atoms with Gasteiger partial charge in [0.1, 0.15) is 13.1 Å². The molecule has 9 heteroatoms. The summed E-state index contributed by atoms with van der Waals surface area (Å²) < 4.78 is 0. The standard InChI is InChI=1S/C8H11N3O6/c12-4(7(15)16)1-9-8(17)11-2-5(13)10-6(14)3-11/h4,12H,1-3H2,(H,9,17)(H,15,16)(H,10,13,14)/t4-/m0/s1. The zero-order valence-corrected chi connectivity index (χ0v) is 8.67. The van der Waals surface area contributed by atoms with E-state index in [1.165, 1.54) is 0 Å². The minimum absolute atomic E-state index is 0.291. The molecule has 0 bridgehead atoms. The number of nitrogens with one attached hydrogen (secondary N) is 2. The average molecular weight is 245 g/mol. The van der Waals surface area contributed by atoms with Gasteiger partial charge in [0.05, 0.1) is 6.54 Å². The van der Waals surface area contributed by atoms with Gasteiger partial charge >= 0.3 is 12.0 Å². The smallest absolute Gasteiger partial charge is 0.334 e. The monoisotopic (exact) mass is 245 g/mol. The molecule has 94 valence electrons. The van der Waals surface area contributed by atoms with Crippen molar-refractivity contribution in [1.29, 1.82) is 0 Å². The van der Waals surface area contributed by atoms with E-state index in [2.05, 4.69) is 5.32 Å². The minimum atomic E-state index is -1.73. The van der Waals surface area contributed by atoms with E-state index in [1.807, 2.05) is 5.32 Å². The molecule has 1 fully saturated rings. The topological polar surface area (TPSA) is 136 Å². The van der Waals surface area contributed by atoms with Crippen LogP contribution in [-0.4, -0.2) is 64.7 Å². The van der Waals surface area contributed by atoms with Gasteiger partial charge in [-0.05, 0) is 0 Å². The Kier molecular flexibility index (Phi) is 3.99. The number of hydrogen-bond donors (Lipinski definition) is 4. The van der Waals surface area contributed by atoms with Gasteiger partial charge < -0.3 is 20.4 Å². The van der Waals surface area contributed by atoms with Crippen molar-refractivity contribution >= 4 is 23.8 Å². The highest BCUT2D eigenvalue weighted by Crippen LogP contribution is 1.95. The van der Waals surface area contributed by atoms with E-state index in [1.54, 1.807) is 0 Å². The van der Waals surface area contributed by atoms with Crippen molar-refractivity contribution in [3.05, 3.63) is 0 Å². The molecule has 0 unspecified atom stereocenters. The molecule has 4 N–H and O–H groups in total. The van der Waals surface area contributed by atoms with Gasteiger partial charge in [-0.15, -0.1) is 0 Å². The van der Waals surface area contributed by atoms with E-state index < -0.39 is 36.5 Å². The Morgan fingerprint density at radius 1 is 1.35 bits per heavy atom. The van der Waals surface area contributed by atoms with Crippen LogP contribution in [0, 0.1) is 0 Å². The summed E-state index contributed by atoms with van der Waals surface area (Å²) in [4.78, 5) is 44.4. The number of aliphatic hydroxyl groups is 1. The van der Waals surface area contributed by atoms with E-state index in [0.717, 1.165) is 4.90 Å². The second-order valence-electron chi connectivity index (χ2n) is 3.37. The van der Waals surface area contributed by atoms with Gasteiger partial charge in [0.2, 0.25) is 11.8 Å². The molecule has 0 spiro atoms. The third-order valence-electron chi connectivity index (χ3n) is 1.97. The number of piperazine rings is 1. The summed E-state index contributed by atoms with van der Waals surface area (Å²) in [6.07, 6.45) is -1.73. The van der Waals surface area contributed by atoms with Crippen molar-refractivity contribution in [1.82, 2.24) is 15.5 Å². The fraction of sp³-hybridized carbons (Fsp3) is 0.500. The van der Waals surface area contributed by atoms with Crippen LogP contribution in [-0.2, 0) is 14.4 Å². The third-order valence-corrected chi connectivity index (χ3v) is 1.97. The first-order chi connectivity index (χ1) is 7.90. The second kappa shape index (κ2) is 5.25. The van der Waals surface area contributed by atoms with Crippen molar-refractivity contribution in [3.63, 3.8) is 0 Å². The van der Waals surface area contributed by atoms with Crippen LogP contribution in [0.3, 0.4) is 0 Å². The van der Waals surface area contributed by atoms with Gasteiger partial charge in [-0.1, -0.05) is 0 Å². The van der Waals surface area contributed by atoms with Gasteiger partial charge in [0, 0.05) is 0 Å². The number of carbonyl (C=O) groups excluding carboxylic acids is 3. The van der Waals surface area contributed by atoms with Crippen molar-refractivity contribution in [3.8, 4) is 0 Å². The quantitative estimate of drug-likeness (QED) is 0.394. The minimum Gasteiger partial charge on any atom is -0.479 e. The Balaban J connectivity index is 2.44. The van der Waals surface area contributed by atoms with Gasteiger partial charge in [0.25, 0.3) is 0 Å². The van der Waals surface area contributed by atoms with E-state index in [-0.39, 0.29) is 13.1 Å². The Hall–Kier alpha value is -2.16. The van der Waals surface area contributed by atoms with Crippen molar-refractivity contribution < 1.29 is 29.4 Å². The lowest BCUT2D eigenvalue weighted by molar-refractivity contribution is -0.146. The zero-order valence-electron chi connectivity index (χ0n) is 8.67. The molecule has 4 amide bonds. The van der Waals surface area contributed by atoms with Crippen LogP contribution in [0.15, 0.2) is 0 Å². The lowest BCUT2D eigenvalue weighted by Gasteiger charge is -2.25. The predicted molar refractivity (Wildman–Crippen MR) is 51.8 cm³/mol. The molecule has 9 nitrogen and oxygen atoms in total. The molecule has 0 aliphatic carbocycles. The van der Waals surface area contributed by atoms with Crippen molar-refractivity contribution in [2.45, 2.75) is 6.10 Å². The van der Waals surface area contributed by atoms with Crippen LogP contribution in [0.1, 0.15) is 0 Å². The molecule has 17 heavy (non-hydrogen) atoms. The highest BCUT2D eigenvalue weighted by Gasteiger charge is 2.26. The molecular weight excluding hydrogens is 234 g/mol. The summed E-state index contributed by atoms with van der Waals surface area (Å²) in [6.45, 7) is -1.08. The second-order valence-corrected chi connectivity index (χ2v) is 3.37. The molecule has 1 atom stereocenters. The van der Waals surface area contributed by atoms with E-state index >= 15 is 0 Å². The highest BCUT2D eigenvalue weighted by atomic mass is 16.4. The highest BCUT2D eigenvalue weighted by molar-refractivity contribution is 6.02. The molecule has 0 aromatic carbocycles. The Morgan fingerprint density at radius 3 is 2.35 bits per heavy atom. The van der Waals surface area contributed by atoms with E-state index in [9.17, 15) is 19.2 Å². The van der Waals surface area contributed by atoms with Gasteiger partial charge in [-0.3, -0.25) is 14.9 Å². The molecular formula is C8H11N3O6. The maximum Gasteiger partial charge on any atom is 0.334 e. The molecule has 0 aromatic heterocycles. The van der Waals surface area contributed by atoms with Crippen molar-refractivity contribution in [2.75, 3.05) is 19.6 Å². The first kappa shape index (κ1) is 12.9. The number of carbonyl (C=O) groups is 4. The summed E-state index contributed by atoms with van der Waals surface area (Å²) in [6, 6.07) is -0.784. The van der Waals surface area contributed by atoms with Gasteiger partial charge in [-0.25, -0.2) is 9.59 Å². The molecule has 0 aromatic rings. The SMILES string of the molecule is O=C1CN(C(=O)NC[C@H](O)C(=O)O)CC(=O)N1.